The topological polar surface area (TPSA) is 30.2 Å². The molecule has 90 valence electrons. The minimum absolute atomic E-state index is 0.810. The summed E-state index contributed by atoms with van der Waals surface area (Å²) in [5, 5.41) is 8.45. The van der Waals surface area contributed by atoms with Gasteiger partial charge in [0.1, 0.15) is 5.82 Å². The second-order valence-electron chi connectivity index (χ2n) is 4.71. The number of nitrogens with zero attached hydrogens (tertiary/aromatic N) is 3. The van der Waals surface area contributed by atoms with Crippen LogP contribution in [0.15, 0.2) is 42.6 Å². The molecule has 0 aliphatic carbocycles. The lowest BCUT2D eigenvalue weighted by Crippen LogP contribution is -1.96. The van der Waals surface area contributed by atoms with Gasteiger partial charge in [-0.05, 0) is 31.0 Å². The smallest absolute Gasteiger partial charge is 0.160 e. The average Bonchev–Trinajstić information content (AvgIpc) is 2.75. The lowest BCUT2D eigenvalue weighted by atomic mass is 10.1. The second-order valence-corrected chi connectivity index (χ2v) is 4.71. The third kappa shape index (κ3) is 1.99. The summed E-state index contributed by atoms with van der Waals surface area (Å²) in [6.07, 6.45) is 2.89. The van der Waals surface area contributed by atoms with Crippen molar-refractivity contribution < 1.29 is 0 Å². The Kier molecular flexibility index (Phi) is 2.59. The molecular weight excluding hydrogens is 222 g/mol. The highest BCUT2D eigenvalue weighted by Crippen LogP contribution is 2.11. The zero-order valence-electron chi connectivity index (χ0n) is 10.6. The zero-order valence-corrected chi connectivity index (χ0v) is 10.6. The van der Waals surface area contributed by atoms with Gasteiger partial charge in [-0.2, -0.15) is 0 Å². The Hall–Kier alpha value is -2.16. The van der Waals surface area contributed by atoms with Crippen molar-refractivity contribution in [3.05, 3.63) is 65.1 Å². The van der Waals surface area contributed by atoms with Crippen LogP contribution in [0.2, 0.25) is 0 Å². The number of aryl methyl sites for hydroxylation is 2. The van der Waals surface area contributed by atoms with Gasteiger partial charge in [0.2, 0.25) is 0 Å². The van der Waals surface area contributed by atoms with Gasteiger partial charge in [0.15, 0.2) is 5.65 Å². The van der Waals surface area contributed by atoms with Crippen molar-refractivity contribution in [2.75, 3.05) is 0 Å². The van der Waals surface area contributed by atoms with Crippen LogP contribution < -0.4 is 0 Å². The Balaban J connectivity index is 1.99. The van der Waals surface area contributed by atoms with Crippen LogP contribution >= 0.6 is 0 Å². The molecule has 3 nitrogen and oxygen atoms in total. The fourth-order valence-corrected chi connectivity index (χ4v) is 2.05. The molecule has 0 N–H and O–H groups in total. The Labute approximate surface area is 106 Å². The molecule has 2 heterocycles. The number of aromatic nitrogens is 3. The monoisotopic (exact) mass is 237 g/mol. The van der Waals surface area contributed by atoms with Crippen LogP contribution in [0.1, 0.15) is 22.5 Å². The molecule has 0 unspecified atom stereocenters. The third-order valence-electron chi connectivity index (χ3n) is 3.10. The minimum atomic E-state index is 0.810. The normalized spacial score (nSPS) is 11.0. The summed E-state index contributed by atoms with van der Waals surface area (Å²) in [6.45, 7) is 4.18. The SMILES string of the molecule is Cc1ccc(Cc2nnc3ccc(C)cn23)cc1. The zero-order chi connectivity index (χ0) is 12.5. The fourth-order valence-electron chi connectivity index (χ4n) is 2.05. The summed E-state index contributed by atoms with van der Waals surface area (Å²) in [5.41, 5.74) is 4.66. The molecule has 0 saturated carbocycles. The van der Waals surface area contributed by atoms with Gasteiger partial charge in [-0.15, -0.1) is 10.2 Å². The van der Waals surface area contributed by atoms with Crippen molar-refractivity contribution in [2.45, 2.75) is 20.3 Å². The molecule has 0 atom stereocenters. The van der Waals surface area contributed by atoms with Crippen LogP contribution in [0.5, 0.6) is 0 Å². The van der Waals surface area contributed by atoms with Crippen molar-refractivity contribution in [1.82, 2.24) is 14.6 Å². The van der Waals surface area contributed by atoms with Gasteiger partial charge < -0.3 is 0 Å². The molecule has 0 amide bonds. The van der Waals surface area contributed by atoms with Gasteiger partial charge in [-0.25, -0.2) is 0 Å². The number of hydrogen-bond donors (Lipinski definition) is 0. The highest BCUT2D eigenvalue weighted by Gasteiger charge is 2.06. The van der Waals surface area contributed by atoms with E-state index in [-0.39, 0.29) is 0 Å². The molecule has 0 aliphatic rings. The van der Waals surface area contributed by atoms with Crippen molar-refractivity contribution in [1.29, 1.82) is 0 Å². The van der Waals surface area contributed by atoms with E-state index in [1.807, 2.05) is 6.07 Å². The highest BCUT2D eigenvalue weighted by molar-refractivity contribution is 5.40. The summed E-state index contributed by atoms with van der Waals surface area (Å²) < 4.78 is 2.06. The lowest BCUT2D eigenvalue weighted by Gasteiger charge is -2.02. The highest BCUT2D eigenvalue weighted by atomic mass is 15.2. The Morgan fingerprint density at radius 3 is 2.39 bits per heavy atom. The maximum absolute atomic E-state index is 4.27. The lowest BCUT2D eigenvalue weighted by molar-refractivity contribution is 0.931. The summed E-state index contributed by atoms with van der Waals surface area (Å²) in [5.74, 6) is 0.984. The van der Waals surface area contributed by atoms with E-state index in [9.17, 15) is 0 Å². The van der Waals surface area contributed by atoms with Gasteiger partial charge in [0.25, 0.3) is 0 Å². The first kappa shape index (κ1) is 11.0. The molecule has 18 heavy (non-hydrogen) atoms. The first-order valence-electron chi connectivity index (χ1n) is 6.08. The number of hydrogen-bond acceptors (Lipinski definition) is 2. The van der Waals surface area contributed by atoms with Crippen LogP contribution in [0, 0.1) is 13.8 Å². The molecule has 0 spiro atoms. The number of rotatable bonds is 2. The van der Waals surface area contributed by atoms with Gasteiger partial charge in [0.05, 0.1) is 0 Å². The van der Waals surface area contributed by atoms with Gasteiger partial charge >= 0.3 is 0 Å². The van der Waals surface area contributed by atoms with E-state index in [4.69, 9.17) is 0 Å². The first-order chi connectivity index (χ1) is 8.72. The van der Waals surface area contributed by atoms with E-state index in [1.54, 1.807) is 0 Å². The standard InChI is InChI=1S/C15H15N3/c1-11-3-6-13(7-4-11)9-15-17-16-14-8-5-12(2)10-18(14)15/h3-8,10H,9H2,1-2H3. The second kappa shape index (κ2) is 4.26. The van der Waals surface area contributed by atoms with E-state index in [0.717, 1.165) is 17.9 Å². The molecule has 0 radical (unpaired) electrons. The van der Waals surface area contributed by atoms with Gasteiger partial charge in [0, 0.05) is 12.6 Å². The largest absolute Gasteiger partial charge is 0.286 e. The molecule has 1 aromatic carbocycles. The number of fused-ring (bicyclic) bond motifs is 1. The van der Waals surface area contributed by atoms with E-state index in [0.29, 0.717) is 0 Å². The quantitative estimate of drug-likeness (QED) is 0.686. The number of benzene rings is 1. The predicted molar refractivity (Wildman–Crippen MR) is 71.7 cm³/mol. The molecule has 3 rings (SSSR count). The van der Waals surface area contributed by atoms with Crippen molar-refractivity contribution in [3.8, 4) is 0 Å². The summed E-state index contributed by atoms with van der Waals surface area (Å²) in [4.78, 5) is 0. The van der Waals surface area contributed by atoms with Crippen LogP contribution in [0.4, 0.5) is 0 Å². The molecule has 2 aromatic heterocycles. The Morgan fingerprint density at radius 1 is 0.889 bits per heavy atom. The Bertz CT molecular complexity index is 681. The first-order valence-corrected chi connectivity index (χ1v) is 6.08. The average molecular weight is 237 g/mol. The fraction of sp³-hybridized carbons (Fsp3) is 0.200. The van der Waals surface area contributed by atoms with E-state index in [1.165, 1.54) is 16.7 Å². The van der Waals surface area contributed by atoms with Crippen LogP contribution in [-0.4, -0.2) is 14.6 Å². The van der Waals surface area contributed by atoms with E-state index < -0.39 is 0 Å². The van der Waals surface area contributed by atoms with Crippen LogP contribution in [-0.2, 0) is 6.42 Å². The molecule has 0 saturated heterocycles. The molecule has 3 heteroatoms. The molecule has 0 fully saturated rings. The molecule has 3 aromatic rings. The summed E-state index contributed by atoms with van der Waals surface area (Å²) in [6, 6.07) is 12.6. The maximum Gasteiger partial charge on any atom is 0.160 e. The maximum atomic E-state index is 4.27. The Morgan fingerprint density at radius 2 is 1.61 bits per heavy atom. The van der Waals surface area contributed by atoms with Crippen LogP contribution in [0.3, 0.4) is 0 Å². The minimum Gasteiger partial charge on any atom is -0.286 e. The molecular formula is C15H15N3. The third-order valence-corrected chi connectivity index (χ3v) is 3.10. The van der Waals surface area contributed by atoms with Crippen molar-refractivity contribution in [2.24, 2.45) is 0 Å². The molecule has 0 aliphatic heterocycles. The van der Waals surface area contributed by atoms with Crippen LogP contribution in [0.25, 0.3) is 5.65 Å². The molecule has 0 bridgehead atoms. The summed E-state index contributed by atoms with van der Waals surface area (Å²) >= 11 is 0. The van der Waals surface area contributed by atoms with Gasteiger partial charge in [-0.1, -0.05) is 35.9 Å². The van der Waals surface area contributed by atoms with Crippen molar-refractivity contribution >= 4 is 5.65 Å². The number of pyridine rings is 1. The van der Waals surface area contributed by atoms with E-state index >= 15 is 0 Å². The van der Waals surface area contributed by atoms with Gasteiger partial charge in [-0.3, -0.25) is 4.40 Å². The predicted octanol–water partition coefficient (Wildman–Crippen LogP) is 2.94. The van der Waals surface area contributed by atoms with Crippen molar-refractivity contribution in [3.63, 3.8) is 0 Å². The van der Waals surface area contributed by atoms with E-state index in [2.05, 4.69) is 65.0 Å². The summed E-state index contributed by atoms with van der Waals surface area (Å²) in [7, 11) is 0.